The van der Waals surface area contributed by atoms with Crippen molar-refractivity contribution in [2.24, 2.45) is 0 Å². The fourth-order valence-corrected chi connectivity index (χ4v) is 9.85. The maximum Gasteiger partial charge on any atom is 0.488 e. The number of halogens is 1. The summed E-state index contributed by atoms with van der Waals surface area (Å²) in [6.45, 7) is 0. The van der Waals surface area contributed by atoms with Crippen molar-refractivity contribution in [2.45, 2.75) is 0 Å². The van der Waals surface area contributed by atoms with E-state index in [1.165, 1.54) is 33.4 Å². The normalized spacial score (nSPS) is 10.8. The lowest BCUT2D eigenvalue weighted by atomic mass is 9.79. The van der Waals surface area contributed by atoms with Gasteiger partial charge in [-0.3, -0.25) is 19.9 Å². The molecule has 362 valence electrons. The van der Waals surface area contributed by atoms with E-state index in [4.69, 9.17) is 0 Å². The molecule has 0 aliphatic heterocycles. The zero-order valence-electron chi connectivity index (χ0n) is 41.2. The van der Waals surface area contributed by atoms with E-state index < -0.39 is 7.12 Å². The van der Waals surface area contributed by atoms with Gasteiger partial charge in [-0.2, -0.15) is 0 Å². The van der Waals surface area contributed by atoms with E-state index in [0.29, 0.717) is 5.46 Å². The van der Waals surface area contributed by atoms with Gasteiger partial charge in [0.05, 0.1) is 0 Å². The van der Waals surface area contributed by atoms with Gasteiger partial charge in [0.1, 0.15) is 0 Å². The first-order valence-electron chi connectivity index (χ1n) is 24.9. The molecular weight excluding hydrogens is 995 g/mol. The number of benzene rings is 8. The third-order valence-electron chi connectivity index (χ3n) is 13.3. The summed E-state index contributed by atoms with van der Waals surface area (Å²) >= 11 is 3.65. The van der Waals surface area contributed by atoms with E-state index >= 15 is 0 Å². The van der Waals surface area contributed by atoms with Crippen molar-refractivity contribution in [3.8, 4) is 111 Å². The van der Waals surface area contributed by atoms with Gasteiger partial charge in [-0.1, -0.05) is 149 Å². The Balaban J connectivity index is 0.000000162. The third kappa shape index (κ3) is 11.6. The molecule has 0 saturated heterocycles. The highest BCUT2D eigenvalue weighted by molar-refractivity contribution is 9.10. The fraction of sp³-hybridized carbons (Fsp3) is 0. The molecule has 0 atom stereocenters. The average Bonchev–Trinajstić information content (AvgIpc) is 3.51. The number of rotatable bonds is 11. The molecule has 0 aliphatic carbocycles. The van der Waals surface area contributed by atoms with E-state index in [-0.39, 0.29) is 0 Å². The maximum atomic E-state index is 9.78. The van der Waals surface area contributed by atoms with Crippen LogP contribution in [0.15, 0.2) is 285 Å². The SMILES string of the molecule is Brc1cccc(-c2cc(-c3cccc(-c4cccnc4)c3)cc(-c3cccc(-c4cccnc4)c3)c2)c1.OB(O)c1cccc(-c2cc(-c3cccc(-c4cccnc4)c3)cc(-c3cccc(-c4cccnc4)c3)c2)c1. The minimum atomic E-state index is -1.53. The van der Waals surface area contributed by atoms with E-state index in [1.807, 2.05) is 67.3 Å². The van der Waals surface area contributed by atoms with E-state index in [0.717, 1.165) is 82.4 Å². The number of aromatic nitrogens is 4. The predicted molar refractivity (Wildman–Crippen MR) is 316 cm³/mol. The Morgan fingerprint density at radius 2 is 0.461 bits per heavy atom. The smallest absolute Gasteiger partial charge is 0.423 e. The topological polar surface area (TPSA) is 92.0 Å². The molecule has 8 heteroatoms. The van der Waals surface area contributed by atoms with Crippen LogP contribution in [0.3, 0.4) is 0 Å². The molecule has 0 radical (unpaired) electrons. The van der Waals surface area contributed by atoms with Crippen LogP contribution >= 0.6 is 15.9 Å². The van der Waals surface area contributed by atoms with Gasteiger partial charge in [0, 0.05) is 76.3 Å². The molecule has 4 aromatic heterocycles. The van der Waals surface area contributed by atoms with Crippen LogP contribution < -0.4 is 5.46 Å². The van der Waals surface area contributed by atoms with Crippen molar-refractivity contribution in [1.82, 2.24) is 19.9 Å². The molecule has 0 saturated carbocycles. The van der Waals surface area contributed by atoms with Crippen molar-refractivity contribution in [3.05, 3.63) is 285 Å². The van der Waals surface area contributed by atoms with Gasteiger partial charge < -0.3 is 10.0 Å². The molecule has 6 nitrogen and oxygen atoms in total. The Labute approximate surface area is 451 Å². The lowest BCUT2D eigenvalue weighted by Gasteiger charge is -2.14. The summed E-state index contributed by atoms with van der Waals surface area (Å²) in [5.74, 6) is 0. The van der Waals surface area contributed by atoms with Crippen LogP contribution in [0.2, 0.25) is 0 Å². The summed E-state index contributed by atoms with van der Waals surface area (Å²) in [4.78, 5) is 17.2. The highest BCUT2D eigenvalue weighted by Gasteiger charge is 2.15. The highest BCUT2D eigenvalue weighted by Crippen LogP contribution is 2.38. The summed E-state index contributed by atoms with van der Waals surface area (Å²) in [6, 6.07) is 79.6. The molecule has 2 N–H and O–H groups in total. The third-order valence-corrected chi connectivity index (χ3v) is 13.8. The minimum Gasteiger partial charge on any atom is -0.423 e. The molecule has 0 amide bonds. The molecule has 12 rings (SSSR count). The Kier molecular flexibility index (Phi) is 14.8. The van der Waals surface area contributed by atoms with Crippen LogP contribution in [-0.4, -0.2) is 37.1 Å². The standard InChI is InChI=1S/C34H25BN2O2.C34H23BrN2/c38-35(39)34-13-3-10-28(21-34)33-19-31(26-8-1-6-24(16-26)29-11-4-14-36-22-29)18-32(20-33)27-9-2-7-25(17-27)30-12-5-15-37-23-30;35-34-13-3-10-28(21-34)33-19-31(26-8-1-6-24(16-26)29-11-4-14-36-22-29)18-32(20-33)27-9-2-7-25(17-27)30-12-5-15-37-23-30/h1-23,38-39H;1-23H. The molecule has 0 fully saturated rings. The number of pyridine rings is 4. The number of hydrogen-bond donors (Lipinski definition) is 2. The maximum absolute atomic E-state index is 9.78. The van der Waals surface area contributed by atoms with Gasteiger partial charge in [0.25, 0.3) is 0 Å². The molecule has 0 aliphatic rings. The summed E-state index contributed by atoms with van der Waals surface area (Å²) in [5.41, 5.74) is 22.5. The van der Waals surface area contributed by atoms with E-state index in [2.05, 4.69) is 218 Å². The van der Waals surface area contributed by atoms with Crippen LogP contribution in [0.1, 0.15) is 0 Å². The van der Waals surface area contributed by atoms with Gasteiger partial charge in [0.2, 0.25) is 0 Å². The summed E-state index contributed by atoms with van der Waals surface area (Å²) < 4.78 is 1.06. The summed E-state index contributed by atoms with van der Waals surface area (Å²) in [5, 5.41) is 19.6. The second kappa shape index (κ2) is 22.9. The first-order chi connectivity index (χ1) is 37.4. The van der Waals surface area contributed by atoms with Crippen molar-refractivity contribution in [2.75, 3.05) is 0 Å². The molecule has 0 unspecified atom stereocenters. The Hall–Kier alpha value is -9.18. The molecule has 0 spiro atoms. The number of hydrogen-bond acceptors (Lipinski definition) is 6. The first-order valence-corrected chi connectivity index (χ1v) is 25.7. The lowest BCUT2D eigenvalue weighted by Crippen LogP contribution is -2.29. The summed E-state index contributed by atoms with van der Waals surface area (Å²) in [6.07, 6.45) is 14.7. The predicted octanol–water partition coefficient (Wildman–Crippen LogP) is 16.1. The fourth-order valence-electron chi connectivity index (χ4n) is 9.45. The quantitative estimate of drug-likeness (QED) is 0.125. The molecule has 8 aromatic carbocycles. The molecule has 12 aromatic rings. The van der Waals surface area contributed by atoms with Crippen molar-refractivity contribution >= 4 is 28.5 Å². The van der Waals surface area contributed by atoms with Crippen molar-refractivity contribution in [3.63, 3.8) is 0 Å². The number of nitrogens with zero attached hydrogens (tertiary/aromatic N) is 4. The largest absolute Gasteiger partial charge is 0.488 e. The van der Waals surface area contributed by atoms with Crippen molar-refractivity contribution in [1.29, 1.82) is 0 Å². The summed E-state index contributed by atoms with van der Waals surface area (Å²) in [7, 11) is -1.53. The second-order valence-electron chi connectivity index (χ2n) is 18.4. The zero-order valence-corrected chi connectivity index (χ0v) is 42.8. The van der Waals surface area contributed by atoms with Gasteiger partial charge >= 0.3 is 7.12 Å². The van der Waals surface area contributed by atoms with Crippen LogP contribution in [0.4, 0.5) is 0 Å². The van der Waals surface area contributed by atoms with Gasteiger partial charge in [-0.25, -0.2) is 0 Å². The van der Waals surface area contributed by atoms with Crippen LogP contribution in [0.25, 0.3) is 111 Å². The first kappa shape index (κ1) is 49.1. The van der Waals surface area contributed by atoms with Gasteiger partial charge in [-0.15, -0.1) is 0 Å². The Morgan fingerprint density at radius 1 is 0.237 bits per heavy atom. The monoisotopic (exact) mass is 1040 g/mol. The Morgan fingerprint density at radius 3 is 0.724 bits per heavy atom. The Bertz CT molecular complexity index is 3730. The zero-order chi connectivity index (χ0) is 51.6. The molecule has 4 heterocycles. The van der Waals surface area contributed by atoms with Crippen LogP contribution in [0, 0.1) is 0 Å². The minimum absolute atomic E-state index is 0.455. The van der Waals surface area contributed by atoms with Gasteiger partial charge in [-0.05, 0) is 192 Å². The average molecular weight is 1040 g/mol. The second-order valence-corrected chi connectivity index (χ2v) is 19.3. The van der Waals surface area contributed by atoms with Gasteiger partial charge in [0.15, 0.2) is 0 Å². The highest BCUT2D eigenvalue weighted by atomic mass is 79.9. The van der Waals surface area contributed by atoms with Crippen molar-refractivity contribution < 1.29 is 10.0 Å². The molecule has 0 bridgehead atoms. The lowest BCUT2D eigenvalue weighted by molar-refractivity contribution is 0.426. The van der Waals surface area contributed by atoms with E-state index in [9.17, 15) is 10.0 Å². The van der Waals surface area contributed by atoms with Crippen LogP contribution in [-0.2, 0) is 0 Å². The van der Waals surface area contributed by atoms with E-state index in [1.54, 1.807) is 30.9 Å². The molecular formula is C68H48BBrN4O2. The molecule has 76 heavy (non-hydrogen) atoms. The van der Waals surface area contributed by atoms with Crippen LogP contribution in [0.5, 0.6) is 0 Å².